The number of hydrogen-bond donors (Lipinski definition) is 1. The van der Waals surface area contributed by atoms with Crippen LogP contribution >= 0.6 is 0 Å². The molecule has 1 aromatic carbocycles. The number of amides is 1. The lowest BCUT2D eigenvalue weighted by molar-refractivity contribution is -0.163. The van der Waals surface area contributed by atoms with Gasteiger partial charge in [0.25, 0.3) is 5.91 Å². The van der Waals surface area contributed by atoms with Gasteiger partial charge in [0.2, 0.25) is 0 Å². The maximum absolute atomic E-state index is 12.6. The van der Waals surface area contributed by atoms with Crippen LogP contribution in [-0.4, -0.2) is 70.4 Å². The average molecular weight is 359 g/mol. The van der Waals surface area contributed by atoms with Crippen LogP contribution in [0.25, 0.3) is 11.0 Å². The number of aromatic nitrogens is 2. The molecule has 1 amide bonds. The van der Waals surface area contributed by atoms with Gasteiger partial charge in [0, 0.05) is 13.1 Å². The van der Waals surface area contributed by atoms with E-state index >= 15 is 0 Å². The molecule has 2 aliphatic rings. The first-order valence-corrected chi connectivity index (χ1v) is 8.76. The van der Waals surface area contributed by atoms with Gasteiger partial charge in [0.05, 0.1) is 37.2 Å². The Bertz CT molecular complexity index is 819. The molecular weight excluding hydrogens is 338 g/mol. The van der Waals surface area contributed by atoms with Gasteiger partial charge in [-0.25, -0.2) is 9.78 Å². The number of carbonyl (C=O) groups excluding carboxylic acids is 1. The van der Waals surface area contributed by atoms with Crippen molar-refractivity contribution in [3.8, 4) is 0 Å². The summed E-state index contributed by atoms with van der Waals surface area (Å²) in [6.07, 6.45) is 1.65. The van der Waals surface area contributed by atoms with E-state index in [0.717, 1.165) is 11.0 Å². The molecule has 8 nitrogen and oxygen atoms in total. The number of para-hydroxylation sites is 2. The van der Waals surface area contributed by atoms with Crippen LogP contribution in [-0.2, 0) is 24.6 Å². The van der Waals surface area contributed by atoms with E-state index in [1.807, 2.05) is 24.3 Å². The molecule has 0 radical (unpaired) electrons. The predicted octanol–water partition coefficient (Wildman–Crippen LogP) is 0.854. The molecule has 1 atom stereocenters. The lowest BCUT2D eigenvalue weighted by Crippen LogP contribution is -2.55. The third-order valence-corrected chi connectivity index (χ3v) is 5.31. The van der Waals surface area contributed by atoms with Crippen molar-refractivity contribution < 1.29 is 24.2 Å². The van der Waals surface area contributed by atoms with E-state index in [1.54, 1.807) is 15.8 Å². The van der Waals surface area contributed by atoms with Gasteiger partial charge in [-0.15, -0.1) is 0 Å². The van der Waals surface area contributed by atoms with Crippen LogP contribution in [0.4, 0.5) is 0 Å². The van der Waals surface area contributed by atoms with Crippen LogP contribution in [0.1, 0.15) is 12.8 Å². The van der Waals surface area contributed by atoms with E-state index < -0.39 is 17.6 Å². The number of fused-ring (bicyclic) bond motifs is 1. The molecule has 2 aliphatic heterocycles. The number of hydrogen-bond acceptors (Lipinski definition) is 5. The molecule has 2 fully saturated rings. The molecule has 0 saturated carbocycles. The maximum atomic E-state index is 12.6. The Balaban J connectivity index is 1.56. The first kappa shape index (κ1) is 17.0. The number of carboxylic acid groups (broad SMARTS) is 1. The van der Waals surface area contributed by atoms with Gasteiger partial charge >= 0.3 is 5.97 Å². The topological polar surface area (TPSA) is 93.9 Å². The second-order valence-electron chi connectivity index (χ2n) is 6.70. The first-order chi connectivity index (χ1) is 12.6. The predicted molar refractivity (Wildman–Crippen MR) is 91.7 cm³/mol. The summed E-state index contributed by atoms with van der Waals surface area (Å²) in [6.45, 7) is 1.88. The number of carboxylic acids is 1. The lowest BCUT2D eigenvalue weighted by atomic mass is 9.86. The Morgan fingerprint density at radius 2 is 1.96 bits per heavy atom. The largest absolute Gasteiger partial charge is 0.479 e. The number of aliphatic carboxylic acids is 1. The van der Waals surface area contributed by atoms with E-state index in [4.69, 9.17) is 9.47 Å². The zero-order valence-electron chi connectivity index (χ0n) is 14.3. The molecule has 3 heterocycles. The zero-order chi connectivity index (χ0) is 18.1. The summed E-state index contributed by atoms with van der Waals surface area (Å²) in [5.74, 6) is -1.02. The van der Waals surface area contributed by atoms with Crippen LogP contribution < -0.4 is 0 Å². The van der Waals surface area contributed by atoms with Crippen LogP contribution in [0.2, 0.25) is 0 Å². The minimum absolute atomic E-state index is 0.126. The molecule has 1 aromatic heterocycles. The number of likely N-dealkylation sites (tertiary alicyclic amines) is 1. The van der Waals surface area contributed by atoms with Crippen molar-refractivity contribution in [1.82, 2.24) is 14.5 Å². The molecule has 2 saturated heterocycles. The molecule has 138 valence electrons. The Hall–Kier alpha value is -2.45. The summed E-state index contributed by atoms with van der Waals surface area (Å²) >= 11 is 0. The fraction of sp³-hybridized carbons (Fsp3) is 0.500. The van der Waals surface area contributed by atoms with Crippen molar-refractivity contribution in [3.63, 3.8) is 0 Å². The number of nitrogens with zero attached hydrogens (tertiary/aromatic N) is 3. The summed E-state index contributed by atoms with van der Waals surface area (Å²) in [5.41, 5.74) is 0.453. The zero-order valence-corrected chi connectivity index (χ0v) is 14.3. The molecule has 0 bridgehead atoms. The monoisotopic (exact) mass is 359 g/mol. The molecule has 2 aromatic rings. The standard InChI is InChI=1S/C18H21N3O5/c22-16(15-11-25-9-10-26-15)20-7-5-18(6-8-20,17(23)24)21-12-19-13-3-1-2-4-14(13)21/h1-4,12,15H,5-11H2,(H,23,24). The van der Waals surface area contributed by atoms with E-state index in [0.29, 0.717) is 39.1 Å². The van der Waals surface area contributed by atoms with Crippen molar-refractivity contribution in [3.05, 3.63) is 30.6 Å². The van der Waals surface area contributed by atoms with Crippen LogP contribution in [0.5, 0.6) is 0 Å². The summed E-state index contributed by atoms with van der Waals surface area (Å²) < 4.78 is 12.5. The Morgan fingerprint density at radius 1 is 1.19 bits per heavy atom. The third kappa shape index (κ3) is 2.75. The minimum Gasteiger partial charge on any atom is -0.479 e. The summed E-state index contributed by atoms with van der Waals surface area (Å²) in [4.78, 5) is 30.8. The molecular formula is C18H21N3O5. The van der Waals surface area contributed by atoms with Crippen LogP contribution in [0.15, 0.2) is 30.6 Å². The molecule has 0 spiro atoms. The van der Waals surface area contributed by atoms with E-state index in [-0.39, 0.29) is 12.5 Å². The number of carbonyl (C=O) groups is 2. The molecule has 1 N–H and O–H groups in total. The van der Waals surface area contributed by atoms with Crippen molar-refractivity contribution in [2.45, 2.75) is 24.5 Å². The normalized spacial score (nSPS) is 23.1. The van der Waals surface area contributed by atoms with Crippen molar-refractivity contribution in [2.75, 3.05) is 32.9 Å². The van der Waals surface area contributed by atoms with Gasteiger partial charge in [-0.05, 0) is 25.0 Å². The summed E-state index contributed by atoms with van der Waals surface area (Å²) in [6, 6.07) is 7.48. The highest BCUT2D eigenvalue weighted by Gasteiger charge is 2.45. The minimum atomic E-state index is -1.10. The van der Waals surface area contributed by atoms with Gasteiger partial charge in [0.15, 0.2) is 6.10 Å². The quantitative estimate of drug-likeness (QED) is 0.873. The van der Waals surface area contributed by atoms with Crippen LogP contribution in [0.3, 0.4) is 0 Å². The molecule has 1 unspecified atom stereocenters. The Labute approximate surface area is 150 Å². The van der Waals surface area contributed by atoms with Gasteiger partial charge in [0.1, 0.15) is 5.54 Å². The Morgan fingerprint density at radius 3 is 2.65 bits per heavy atom. The lowest BCUT2D eigenvalue weighted by Gasteiger charge is -2.41. The van der Waals surface area contributed by atoms with E-state index in [2.05, 4.69) is 4.98 Å². The van der Waals surface area contributed by atoms with Gasteiger partial charge < -0.3 is 24.0 Å². The molecule has 8 heteroatoms. The van der Waals surface area contributed by atoms with Crippen molar-refractivity contribution in [1.29, 1.82) is 0 Å². The highest BCUT2D eigenvalue weighted by Crippen LogP contribution is 2.34. The third-order valence-electron chi connectivity index (χ3n) is 5.31. The Kier molecular flexibility index (Phi) is 4.37. The molecule has 26 heavy (non-hydrogen) atoms. The van der Waals surface area contributed by atoms with Crippen molar-refractivity contribution >= 4 is 22.9 Å². The number of rotatable bonds is 3. The molecule has 0 aliphatic carbocycles. The smallest absolute Gasteiger partial charge is 0.330 e. The fourth-order valence-corrected chi connectivity index (χ4v) is 3.79. The van der Waals surface area contributed by atoms with E-state index in [9.17, 15) is 14.7 Å². The van der Waals surface area contributed by atoms with Crippen LogP contribution in [0, 0.1) is 0 Å². The fourth-order valence-electron chi connectivity index (χ4n) is 3.79. The van der Waals surface area contributed by atoms with Gasteiger partial charge in [-0.2, -0.15) is 0 Å². The number of imidazole rings is 1. The number of ether oxygens (including phenoxy) is 2. The summed E-state index contributed by atoms with van der Waals surface area (Å²) in [7, 11) is 0. The number of piperidine rings is 1. The average Bonchev–Trinajstić information content (AvgIpc) is 3.12. The van der Waals surface area contributed by atoms with Crippen molar-refractivity contribution in [2.24, 2.45) is 0 Å². The first-order valence-electron chi connectivity index (χ1n) is 8.76. The summed E-state index contributed by atoms with van der Waals surface area (Å²) in [5, 5.41) is 10.00. The SMILES string of the molecule is O=C(C1COCCO1)N1CCC(C(=O)O)(n2cnc3ccccc32)CC1. The van der Waals surface area contributed by atoms with Gasteiger partial charge in [-0.1, -0.05) is 12.1 Å². The second kappa shape index (κ2) is 6.69. The number of benzene rings is 1. The second-order valence-corrected chi connectivity index (χ2v) is 6.70. The maximum Gasteiger partial charge on any atom is 0.330 e. The highest BCUT2D eigenvalue weighted by atomic mass is 16.6. The molecule has 4 rings (SSSR count). The van der Waals surface area contributed by atoms with E-state index in [1.165, 1.54) is 0 Å². The highest BCUT2D eigenvalue weighted by molar-refractivity contribution is 5.84. The van der Waals surface area contributed by atoms with Gasteiger partial charge in [-0.3, -0.25) is 4.79 Å².